The maximum atomic E-state index is 11.1. The zero-order chi connectivity index (χ0) is 12.7. The van der Waals surface area contributed by atoms with Crippen LogP contribution in [0.3, 0.4) is 0 Å². The Kier molecular flexibility index (Phi) is 5.56. The van der Waals surface area contributed by atoms with E-state index in [-0.39, 0.29) is 0 Å². The standard InChI is InChI=1S/C12H15NO3S/c1-16-12(15)11(14)13-8-7-9-3-5-10(17-2)6-4-9/h3-6H,7-8H2,1-2H3,(H,13,14). The van der Waals surface area contributed by atoms with Crippen LogP contribution in [0.15, 0.2) is 29.2 Å². The highest BCUT2D eigenvalue weighted by atomic mass is 32.2. The van der Waals surface area contributed by atoms with E-state index in [1.54, 1.807) is 11.8 Å². The largest absolute Gasteiger partial charge is 0.462 e. The van der Waals surface area contributed by atoms with Gasteiger partial charge in [0, 0.05) is 11.4 Å². The number of amides is 1. The van der Waals surface area contributed by atoms with Gasteiger partial charge in [-0.2, -0.15) is 0 Å². The second-order valence-electron chi connectivity index (χ2n) is 3.35. The summed E-state index contributed by atoms with van der Waals surface area (Å²) in [5, 5.41) is 2.49. The number of carbonyl (C=O) groups is 2. The third-order valence-corrected chi connectivity index (χ3v) is 2.97. The summed E-state index contributed by atoms with van der Waals surface area (Å²) in [4.78, 5) is 23.1. The molecule has 5 heteroatoms. The van der Waals surface area contributed by atoms with E-state index in [9.17, 15) is 9.59 Å². The second kappa shape index (κ2) is 6.96. The fourth-order valence-electron chi connectivity index (χ4n) is 1.28. The molecule has 1 amide bonds. The first-order chi connectivity index (χ1) is 8.17. The molecule has 92 valence electrons. The molecule has 0 radical (unpaired) electrons. The van der Waals surface area contributed by atoms with Gasteiger partial charge in [0.15, 0.2) is 0 Å². The average Bonchev–Trinajstić information content (AvgIpc) is 2.38. The number of hydrogen-bond donors (Lipinski definition) is 1. The molecule has 0 bridgehead atoms. The minimum absolute atomic E-state index is 0.423. The highest BCUT2D eigenvalue weighted by molar-refractivity contribution is 7.98. The monoisotopic (exact) mass is 253 g/mol. The Balaban J connectivity index is 2.35. The summed E-state index contributed by atoms with van der Waals surface area (Å²) in [7, 11) is 1.18. The molecule has 0 aliphatic carbocycles. The Labute approximate surface area is 105 Å². The predicted molar refractivity (Wildman–Crippen MR) is 67.0 cm³/mol. The SMILES string of the molecule is COC(=O)C(=O)NCCc1ccc(SC)cc1. The van der Waals surface area contributed by atoms with Crippen molar-refractivity contribution in [3.05, 3.63) is 29.8 Å². The first-order valence-electron chi connectivity index (χ1n) is 5.16. The predicted octanol–water partition coefficient (Wildman–Crippen LogP) is 1.24. The van der Waals surface area contributed by atoms with E-state index in [1.807, 2.05) is 30.5 Å². The van der Waals surface area contributed by atoms with Crippen LogP contribution in [0.1, 0.15) is 5.56 Å². The normalized spacial score (nSPS) is 9.76. The van der Waals surface area contributed by atoms with Gasteiger partial charge >= 0.3 is 11.9 Å². The van der Waals surface area contributed by atoms with Gasteiger partial charge in [0.25, 0.3) is 0 Å². The number of thioether (sulfide) groups is 1. The molecule has 17 heavy (non-hydrogen) atoms. The molecule has 0 saturated carbocycles. The van der Waals surface area contributed by atoms with Crippen LogP contribution < -0.4 is 5.32 Å². The maximum absolute atomic E-state index is 11.1. The molecule has 1 rings (SSSR count). The van der Waals surface area contributed by atoms with Crippen LogP contribution >= 0.6 is 11.8 Å². The van der Waals surface area contributed by atoms with Crippen LogP contribution in [0.5, 0.6) is 0 Å². The fraction of sp³-hybridized carbons (Fsp3) is 0.333. The summed E-state index contributed by atoms with van der Waals surface area (Å²) in [6.45, 7) is 0.423. The van der Waals surface area contributed by atoms with Gasteiger partial charge < -0.3 is 10.1 Å². The van der Waals surface area contributed by atoms with Crippen LogP contribution in [-0.2, 0) is 20.7 Å². The van der Waals surface area contributed by atoms with Crippen molar-refractivity contribution in [1.29, 1.82) is 0 Å². The van der Waals surface area contributed by atoms with E-state index >= 15 is 0 Å². The highest BCUT2D eigenvalue weighted by Gasteiger charge is 2.11. The molecule has 4 nitrogen and oxygen atoms in total. The van der Waals surface area contributed by atoms with Gasteiger partial charge in [-0.3, -0.25) is 4.79 Å². The minimum atomic E-state index is -0.859. The molecule has 1 aromatic carbocycles. The number of nitrogens with one attached hydrogen (secondary N) is 1. The molecule has 0 fully saturated rings. The quantitative estimate of drug-likeness (QED) is 0.498. The van der Waals surface area contributed by atoms with E-state index in [4.69, 9.17) is 0 Å². The molecule has 0 spiro atoms. The van der Waals surface area contributed by atoms with Crippen LogP contribution in [0.25, 0.3) is 0 Å². The molecule has 0 aliphatic rings. The van der Waals surface area contributed by atoms with E-state index in [1.165, 1.54) is 12.0 Å². The molecule has 0 aliphatic heterocycles. The summed E-state index contributed by atoms with van der Waals surface area (Å²) in [5.41, 5.74) is 1.12. The number of methoxy groups -OCH3 is 1. The molecule has 0 atom stereocenters. The number of carbonyl (C=O) groups excluding carboxylic acids is 2. The van der Waals surface area contributed by atoms with Crippen molar-refractivity contribution >= 4 is 23.6 Å². The van der Waals surface area contributed by atoms with Gasteiger partial charge in [0.05, 0.1) is 7.11 Å². The van der Waals surface area contributed by atoms with Gasteiger partial charge in [-0.15, -0.1) is 11.8 Å². The number of hydrogen-bond acceptors (Lipinski definition) is 4. The van der Waals surface area contributed by atoms with E-state index in [2.05, 4.69) is 10.1 Å². The van der Waals surface area contributed by atoms with Gasteiger partial charge in [-0.1, -0.05) is 12.1 Å². The summed E-state index contributed by atoms with van der Waals surface area (Å²) in [5.74, 6) is -1.56. The van der Waals surface area contributed by atoms with Crippen molar-refractivity contribution in [3.63, 3.8) is 0 Å². The van der Waals surface area contributed by atoms with Crippen LogP contribution in [0.2, 0.25) is 0 Å². The summed E-state index contributed by atoms with van der Waals surface area (Å²) in [6.07, 6.45) is 2.71. The number of ether oxygens (including phenoxy) is 1. The summed E-state index contributed by atoms with van der Waals surface area (Å²) >= 11 is 1.68. The van der Waals surface area contributed by atoms with Crippen molar-refractivity contribution in [2.75, 3.05) is 19.9 Å². The topological polar surface area (TPSA) is 55.4 Å². The lowest BCUT2D eigenvalue weighted by Crippen LogP contribution is -2.33. The zero-order valence-corrected chi connectivity index (χ0v) is 10.7. The van der Waals surface area contributed by atoms with Gasteiger partial charge in [-0.25, -0.2) is 4.79 Å². The third kappa shape index (κ3) is 4.48. The third-order valence-electron chi connectivity index (χ3n) is 2.23. The molecule has 1 aromatic rings. The van der Waals surface area contributed by atoms with Crippen molar-refractivity contribution < 1.29 is 14.3 Å². The maximum Gasteiger partial charge on any atom is 0.396 e. The van der Waals surface area contributed by atoms with Crippen LogP contribution in [-0.4, -0.2) is 31.8 Å². The van der Waals surface area contributed by atoms with Crippen molar-refractivity contribution in [2.24, 2.45) is 0 Å². The minimum Gasteiger partial charge on any atom is -0.462 e. The molecular formula is C12H15NO3S. The van der Waals surface area contributed by atoms with Crippen LogP contribution in [0, 0.1) is 0 Å². The summed E-state index contributed by atoms with van der Waals surface area (Å²) < 4.78 is 4.29. The lowest BCUT2D eigenvalue weighted by atomic mass is 10.1. The lowest BCUT2D eigenvalue weighted by Gasteiger charge is -2.04. The molecular weight excluding hydrogens is 238 g/mol. The Morgan fingerprint density at radius 3 is 2.47 bits per heavy atom. The first kappa shape index (κ1) is 13.6. The Hall–Kier alpha value is -1.49. The highest BCUT2D eigenvalue weighted by Crippen LogP contribution is 2.14. The van der Waals surface area contributed by atoms with Crippen molar-refractivity contribution in [2.45, 2.75) is 11.3 Å². The van der Waals surface area contributed by atoms with E-state index in [0.717, 1.165) is 5.56 Å². The Bertz CT molecular complexity index is 389. The van der Waals surface area contributed by atoms with Crippen molar-refractivity contribution in [3.8, 4) is 0 Å². The smallest absolute Gasteiger partial charge is 0.396 e. The average molecular weight is 253 g/mol. The van der Waals surface area contributed by atoms with Gasteiger partial charge in [0.1, 0.15) is 0 Å². The number of esters is 1. The lowest BCUT2D eigenvalue weighted by molar-refractivity contribution is -0.152. The Morgan fingerprint density at radius 1 is 1.29 bits per heavy atom. The Morgan fingerprint density at radius 2 is 1.94 bits per heavy atom. The fourth-order valence-corrected chi connectivity index (χ4v) is 1.69. The number of benzene rings is 1. The van der Waals surface area contributed by atoms with Gasteiger partial charge in [0.2, 0.25) is 0 Å². The van der Waals surface area contributed by atoms with Gasteiger partial charge in [-0.05, 0) is 30.4 Å². The first-order valence-corrected chi connectivity index (χ1v) is 6.39. The second-order valence-corrected chi connectivity index (χ2v) is 4.23. The zero-order valence-electron chi connectivity index (χ0n) is 9.86. The molecule has 1 N–H and O–H groups in total. The molecule has 0 saturated heterocycles. The van der Waals surface area contributed by atoms with E-state index < -0.39 is 11.9 Å². The molecule has 0 unspecified atom stereocenters. The molecule has 0 heterocycles. The summed E-state index contributed by atoms with van der Waals surface area (Å²) in [6, 6.07) is 8.08. The van der Waals surface area contributed by atoms with E-state index in [0.29, 0.717) is 13.0 Å². The van der Waals surface area contributed by atoms with Crippen LogP contribution in [0.4, 0.5) is 0 Å². The van der Waals surface area contributed by atoms with Crippen molar-refractivity contribution in [1.82, 2.24) is 5.32 Å². The molecule has 0 aromatic heterocycles. The number of rotatable bonds is 4.